The number of carboxylic acid groups (broad SMARTS) is 1. The Morgan fingerprint density at radius 1 is 1.11 bits per heavy atom. The van der Waals surface area contributed by atoms with Crippen molar-refractivity contribution in [2.24, 2.45) is 0 Å². The van der Waals surface area contributed by atoms with E-state index in [1.54, 1.807) is 17.6 Å². The highest BCUT2D eigenvalue weighted by atomic mass is 19.1. The van der Waals surface area contributed by atoms with Crippen LogP contribution in [0.15, 0.2) is 51.9 Å². The van der Waals surface area contributed by atoms with Gasteiger partial charge in [0.05, 0.1) is 11.2 Å². The Hall–Kier alpha value is -4.05. The minimum Gasteiger partial charge on any atom is -0.477 e. The molecule has 1 saturated heterocycles. The highest BCUT2D eigenvalue weighted by molar-refractivity contribution is 5.93. The number of piperazine rings is 1. The van der Waals surface area contributed by atoms with E-state index in [0.717, 1.165) is 30.8 Å². The van der Waals surface area contributed by atoms with Gasteiger partial charge in [-0.1, -0.05) is 43.3 Å². The average Bonchev–Trinajstić information content (AvgIpc) is 3.37. The second kappa shape index (κ2) is 11.6. The summed E-state index contributed by atoms with van der Waals surface area (Å²) >= 11 is 0. The predicted molar refractivity (Wildman–Crippen MR) is 144 cm³/mol. The molecule has 1 aliphatic rings. The minimum atomic E-state index is -1.32. The van der Waals surface area contributed by atoms with Gasteiger partial charge >= 0.3 is 5.97 Å². The number of aryl methyl sites for hydroxylation is 2. The van der Waals surface area contributed by atoms with Crippen LogP contribution >= 0.6 is 0 Å². The highest BCUT2D eigenvalue weighted by Gasteiger charge is 2.22. The minimum absolute atomic E-state index is 0.0797. The molecule has 0 unspecified atom stereocenters. The number of fused-ring (bicyclic) bond motifs is 1. The van der Waals surface area contributed by atoms with E-state index < -0.39 is 17.2 Å². The average molecular weight is 522 g/mol. The lowest BCUT2D eigenvalue weighted by Crippen LogP contribution is -2.46. The quantitative estimate of drug-likeness (QED) is 0.394. The fraction of sp³-hybridized carbons (Fsp3) is 0.357. The standard InChI is InChI=1S/C26H26FN5O4.C2H6/c1-3-31-15-20(26(34)35)24(33)19-12-21(27)23(13-22(19)31)32-10-8-30(9-11-32)14-17-4-6-18(7-5-17)25-28-16(2)36-29-25;1-2/h4-7,12-13,15H,3,8-11,14H2,1-2H3,(H,34,35);1-2H3. The van der Waals surface area contributed by atoms with E-state index in [0.29, 0.717) is 42.6 Å². The number of hydrogen-bond donors (Lipinski definition) is 1. The molecule has 0 aliphatic carbocycles. The zero-order chi connectivity index (χ0) is 27.4. The van der Waals surface area contributed by atoms with E-state index in [-0.39, 0.29) is 10.9 Å². The Balaban J connectivity index is 0.00000164. The summed E-state index contributed by atoms with van der Waals surface area (Å²) in [7, 11) is 0. The molecule has 1 fully saturated rings. The van der Waals surface area contributed by atoms with E-state index in [1.165, 1.54) is 12.3 Å². The van der Waals surface area contributed by atoms with Crippen molar-refractivity contribution in [2.75, 3.05) is 31.1 Å². The van der Waals surface area contributed by atoms with Gasteiger partial charge in [0.15, 0.2) is 0 Å². The maximum atomic E-state index is 15.1. The van der Waals surface area contributed by atoms with Crippen LogP contribution in [-0.2, 0) is 13.1 Å². The van der Waals surface area contributed by atoms with Crippen LogP contribution in [0.5, 0.6) is 0 Å². The van der Waals surface area contributed by atoms with Crippen molar-refractivity contribution in [1.82, 2.24) is 19.6 Å². The van der Waals surface area contributed by atoms with Gasteiger partial charge in [-0.05, 0) is 24.6 Å². The SMILES string of the molecule is CC.CCn1cc(C(=O)O)c(=O)c2cc(F)c(N3CCN(Cc4ccc(-c5noc(C)n5)cc4)CC3)cc21. The molecular weight excluding hydrogens is 489 g/mol. The van der Waals surface area contributed by atoms with Gasteiger partial charge in [-0.25, -0.2) is 9.18 Å². The van der Waals surface area contributed by atoms with E-state index >= 15 is 4.39 Å². The molecule has 0 atom stereocenters. The van der Waals surface area contributed by atoms with Gasteiger partial charge in [0.1, 0.15) is 11.4 Å². The molecule has 0 radical (unpaired) electrons. The molecule has 5 rings (SSSR count). The zero-order valence-corrected chi connectivity index (χ0v) is 22.1. The van der Waals surface area contributed by atoms with Gasteiger partial charge in [-0.3, -0.25) is 9.69 Å². The van der Waals surface area contributed by atoms with Gasteiger partial charge in [0.2, 0.25) is 17.1 Å². The molecule has 3 heterocycles. The zero-order valence-electron chi connectivity index (χ0n) is 22.1. The molecule has 38 heavy (non-hydrogen) atoms. The van der Waals surface area contributed by atoms with Crippen molar-refractivity contribution in [1.29, 1.82) is 0 Å². The maximum absolute atomic E-state index is 15.1. The molecule has 200 valence electrons. The smallest absolute Gasteiger partial charge is 0.341 e. The van der Waals surface area contributed by atoms with Crippen LogP contribution < -0.4 is 10.3 Å². The van der Waals surface area contributed by atoms with Crippen LogP contribution in [-0.4, -0.2) is 56.9 Å². The number of carbonyl (C=O) groups is 1. The van der Waals surface area contributed by atoms with Gasteiger partial charge in [-0.2, -0.15) is 4.98 Å². The van der Waals surface area contributed by atoms with Crippen LogP contribution in [0.25, 0.3) is 22.3 Å². The summed E-state index contributed by atoms with van der Waals surface area (Å²) in [6, 6.07) is 10.9. The molecule has 9 nitrogen and oxygen atoms in total. The fourth-order valence-electron chi connectivity index (χ4n) is 4.64. The van der Waals surface area contributed by atoms with Crippen LogP contribution in [0.4, 0.5) is 10.1 Å². The monoisotopic (exact) mass is 521 g/mol. The molecule has 2 aromatic carbocycles. The topological polar surface area (TPSA) is 105 Å². The molecular formula is C28H32FN5O4. The number of rotatable bonds is 6. The summed E-state index contributed by atoms with van der Waals surface area (Å²) in [5, 5.41) is 13.4. The fourth-order valence-corrected chi connectivity index (χ4v) is 4.64. The first-order valence-electron chi connectivity index (χ1n) is 12.8. The Morgan fingerprint density at radius 2 is 1.79 bits per heavy atom. The predicted octanol–water partition coefficient (Wildman–Crippen LogP) is 4.57. The molecule has 2 aromatic heterocycles. The van der Waals surface area contributed by atoms with Crippen LogP contribution in [0.1, 0.15) is 42.6 Å². The van der Waals surface area contributed by atoms with E-state index in [1.807, 2.05) is 49.9 Å². The lowest BCUT2D eigenvalue weighted by atomic mass is 10.1. The molecule has 0 saturated carbocycles. The molecule has 1 aliphatic heterocycles. The summed E-state index contributed by atoms with van der Waals surface area (Å²) in [5.74, 6) is -0.745. The first-order chi connectivity index (χ1) is 18.3. The Bertz CT molecular complexity index is 1490. The number of nitrogens with zero attached hydrogens (tertiary/aromatic N) is 5. The van der Waals surface area contributed by atoms with Crippen molar-refractivity contribution in [2.45, 2.75) is 40.8 Å². The number of aromatic carboxylic acids is 1. The maximum Gasteiger partial charge on any atom is 0.341 e. The van der Waals surface area contributed by atoms with Crippen LogP contribution in [0.2, 0.25) is 0 Å². The van der Waals surface area contributed by atoms with Crippen molar-refractivity contribution in [3.63, 3.8) is 0 Å². The number of benzene rings is 2. The highest BCUT2D eigenvalue weighted by Crippen LogP contribution is 2.27. The number of pyridine rings is 1. The van der Waals surface area contributed by atoms with Gasteiger partial charge in [0.25, 0.3) is 0 Å². The second-order valence-electron chi connectivity index (χ2n) is 8.88. The Kier molecular flexibility index (Phi) is 8.21. The summed E-state index contributed by atoms with van der Waals surface area (Å²) in [6.45, 7) is 11.6. The van der Waals surface area contributed by atoms with Crippen LogP contribution in [0, 0.1) is 12.7 Å². The molecule has 10 heteroatoms. The van der Waals surface area contributed by atoms with Gasteiger partial charge < -0.3 is 19.1 Å². The first kappa shape index (κ1) is 27.0. The number of anilines is 1. The summed E-state index contributed by atoms with van der Waals surface area (Å²) in [5.41, 5.74) is 1.98. The van der Waals surface area contributed by atoms with Crippen molar-refractivity contribution in [3.8, 4) is 11.4 Å². The molecule has 4 aromatic rings. The largest absolute Gasteiger partial charge is 0.477 e. The molecule has 0 spiro atoms. The molecule has 0 amide bonds. The van der Waals surface area contributed by atoms with Crippen LogP contribution in [0.3, 0.4) is 0 Å². The number of hydrogen-bond acceptors (Lipinski definition) is 7. The van der Waals surface area contributed by atoms with Gasteiger partial charge in [0, 0.05) is 63.3 Å². The normalized spacial score (nSPS) is 13.9. The number of carboxylic acids is 1. The van der Waals surface area contributed by atoms with Crippen molar-refractivity contribution < 1.29 is 18.8 Å². The number of aromatic nitrogens is 3. The van der Waals surface area contributed by atoms with E-state index in [9.17, 15) is 14.7 Å². The third-order valence-corrected chi connectivity index (χ3v) is 6.58. The molecule has 1 N–H and O–H groups in total. The van der Waals surface area contributed by atoms with Crippen molar-refractivity contribution in [3.05, 3.63) is 75.7 Å². The van der Waals surface area contributed by atoms with E-state index in [4.69, 9.17) is 4.52 Å². The molecule has 0 bridgehead atoms. The first-order valence-corrected chi connectivity index (χ1v) is 12.8. The van der Waals surface area contributed by atoms with Gasteiger partial charge in [-0.15, -0.1) is 0 Å². The van der Waals surface area contributed by atoms with Crippen molar-refractivity contribution >= 4 is 22.6 Å². The number of halogens is 1. The summed E-state index contributed by atoms with van der Waals surface area (Å²) in [6.07, 6.45) is 1.33. The third kappa shape index (κ3) is 5.45. The Morgan fingerprint density at radius 3 is 2.37 bits per heavy atom. The van der Waals surface area contributed by atoms with E-state index in [2.05, 4.69) is 15.0 Å². The lowest BCUT2D eigenvalue weighted by molar-refractivity contribution is 0.0695. The summed E-state index contributed by atoms with van der Waals surface area (Å²) in [4.78, 5) is 32.6. The Labute approximate surface area is 220 Å². The second-order valence-corrected chi connectivity index (χ2v) is 8.88. The lowest BCUT2D eigenvalue weighted by Gasteiger charge is -2.36. The summed E-state index contributed by atoms with van der Waals surface area (Å²) < 4.78 is 21.8. The third-order valence-electron chi connectivity index (χ3n) is 6.58.